The Labute approximate surface area is 121 Å². The number of carbonyl (C=O) groups is 2. The van der Waals surface area contributed by atoms with Gasteiger partial charge >= 0.3 is 5.97 Å². The number of carbonyl (C=O) groups excluding carboxylic acids is 1. The number of ether oxygens (including phenoxy) is 1. The Balaban J connectivity index is 2.16. The number of H-pyrrole nitrogens is 1. The van der Waals surface area contributed by atoms with E-state index in [0.717, 1.165) is 10.9 Å². The average Bonchev–Trinajstić information content (AvgIpc) is 2.89. The van der Waals surface area contributed by atoms with E-state index in [1.54, 1.807) is 25.4 Å². The molecular weight excluding hydrogens is 272 g/mol. The van der Waals surface area contributed by atoms with Crippen molar-refractivity contribution in [1.29, 1.82) is 0 Å². The number of fused-ring (bicyclic) bond motifs is 1. The van der Waals surface area contributed by atoms with Crippen molar-refractivity contribution in [3.8, 4) is 5.75 Å². The molecule has 0 saturated heterocycles. The molecule has 0 aliphatic rings. The van der Waals surface area contributed by atoms with Gasteiger partial charge in [0.15, 0.2) is 0 Å². The number of aliphatic carboxylic acids is 1. The SMILES string of the molecule is COc1ccc2[nH]cc(C(=O)NCC=C(C)C(=O)O)c2c1. The Morgan fingerprint density at radius 2 is 2.19 bits per heavy atom. The van der Waals surface area contributed by atoms with Crippen molar-refractivity contribution in [2.24, 2.45) is 0 Å². The van der Waals surface area contributed by atoms with Crippen molar-refractivity contribution >= 4 is 22.8 Å². The third kappa shape index (κ3) is 3.22. The Bertz CT molecular complexity index is 716. The first kappa shape index (κ1) is 14.6. The molecule has 0 saturated carbocycles. The Kier molecular flexibility index (Phi) is 4.27. The molecule has 0 unspecified atom stereocenters. The summed E-state index contributed by atoms with van der Waals surface area (Å²) in [5.41, 5.74) is 1.51. The number of hydrogen-bond acceptors (Lipinski definition) is 3. The van der Waals surface area contributed by atoms with E-state index in [-0.39, 0.29) is 18.0 Å². The Hall–Kier alpha value is -2.76. The quantitative estimate of drug-likeness (QED) is 0.733. The highest BCUT2D eigenvalue weighted by Crippen LogP contribution is 2.23. The van der Waals surface area contributed by atoms with Crippen LogP contribution >= 0.6 is 0 Å². The van der Waals surface area contributed by atoms with E-state index >= 15 is 0 Å². The van der Waals surface area contributed by atoms with Crippen LogP contribution in [0.15, 0.2) is 36.0 Å². The van der Waals surface area contributed by atoms with Gasteiger partial charge < -0.3 is 20.1 Å². The van der Waals surface area contributed by atoms with Crippen LogP contribution in [0, 0.1) is 0 Å². The number of aromatic nitrogens is 1. The molecule has 21 heavy (non-hydrogen) atoms. The molecule has 0 aliphatic heterocycles. The summed E-state index contributed by atoms with van der Waals surface area (Å²) in [5.74, 6) is -0.609. The van der Waals surface area contributed by atoms with Crippen molar-refractivity contribution in [3.05, 3.63) is 41.6 Å². The summed E-state index contributed by atoms with van der Waals surface area (Å²) in [6.07, 6.45) is 3.07. The standard InChI is InChI=1S/C15H16N2O4/c1-9(15(19)20)5-6-16-14(18)12-8-17-13-4-3-10(21-2)7-11(12)13/h3-5,7-8,17H,6H2,1-2H3,(H,16,18)(H,19,20). The maximum absolute atomic E-state index is 12.1. The normalized spacial score (nSPS) is 11.4. The average molecular weight is 288 g/mol. The minimum Gasteiger partial charge on any atom is -0.497 e. The smallest absolute Gasteiger partial charge is 0.331 e. The number of rotatable bonds is 5. The molecule has 3 N–H and O–H groups in total. The van der Waals surface area contributed by atoms with Gasteiger partial charge in [-0.15, -0.1) is 0 Å². The second-order valence-electron chi connectivity index (χ2n) is 4.52. The van der Waals surface area contributed by atoms with Gasteiger partial charge in [0.25, 0.3) is 5.91 Å². The summed E-state index contributed by atoms with van der Waals surface area (Å²) in [4.78, 5) is 25.8. The fourth-order valence-electron chi connectivity index (χ4n) is 1.89. The second kappa shape index (κ2) is 6.13. The van der Waals surface area contributed by atoms with Gasteiger partial charge in [-0.25, -0.2) is 4.79 Å². The van der Waals surface area contributed by atoms with E-state index in [9.17, 15) is 9.59 Å². The zero-order valence-corrected chi connectivity index (χ0v) is 11.8. The van der Waals surface area contributed by atoms with Crippen molar-refractivity contribution in [1.82, 2.24) is 10.3 Å². The fraction of sp³-hybridized carbons (Fsp3) is 0.200. The molecule has 1 amide bonds. The highest BCUT2D eigenvalue weighted by Gasteiger charge is 2.12. The molecule has 6 nitrogen and oxygen atoms in total. The van der Waals surface area contributed by atoms with Crippen LogP contribution in [-0.4, -0.2) is 35.6 Å². The summed E-state index contributed by atoms with van der Waals surface area (Å²) in [6.45, 7) is 1.64. The van der Waals surface area contributed by atoms with E-state index in [1.807, 2.05) is 6.07 Å². The van der Waals surface area contributed by atoms with Gasteiger partial charge in [0, 0.05) is 29.2 Å². The van der Waals surface area contributed by atoms with Crippen LogP contribution in [0.3, 0.4) is 0 Å². The van der Waals surface area contributed by atoms with Crippen molar-refractivity contribution in [2.45, 2.75) is 6.92 Å². The van der Waals surface area contributed by atoms with Crippen LogP contribution in [0.4, 0.5) is 0 Å². The van der Waals surface area contributed by atoms with Crippen LogP contribution in [0.25, 0.3) is 10.9 Å². The van der Waals surface area contributed by atoms with Crippen LogP contribution in [0.2, 0.25) is 0 Å². The van der Waals surface area contributed by atoms with E-state index in [1.165, 1.54) is 13.0 Å². The number of amides is 1. The van der Waals surface area contributed by atoms with Crippen molar-refractivity contribution < 1.29 is 19.4 Å². The van der Waals surface area contributed by atoms with Gasteiger partial charge in [0.2, 0.25) is 0 Å². The highest BCUT2D eigenvalue weighted by molar-refractivity contribution is 6.07. The van der Waals surface area contributed by atoms with Gasteiger partial charge in [-0.3, -0.25) is 4.79 Å². The lowest BCUT2D eigenvalue weighted by Crippen LogP contribution is -2.23. The zero-order valence-electron chi connectivity index (χ0n) is 11.8. The number of carboxylic acids is 1. The lowest BCUT2D eigenvalue weighted by Gasteiger charge is -2.03. The lowest BCUT2D eigenvalue weighted by atomic mass is 10.1. The summed E-state index contributed by atoms with van der Waals surface area (Å²) in [6, 6.07) is 5.41. The monoisotopic (exact) mass is 288 g/mol. The van der Waals surface area contributed by atoms with Gasteiger partial charge in [-0.05, 0) is 25.1 Å². The molecular formula is C15H16N2O4. The van der Waals surface area contributed by atoms with Crippen LogP contribution in [-0.2, 0) is 4.79 Å². The zero-order chi connectivity index (χ0) is 15.4. The second-order valence-corrected chi connectivity index (χ2v) is 4.52. The fourth-order valence-corrected chi connectivity index (χ4v) is 1.89. The first-order valence-electron chi connectivity index (χ1n) is 6.36. The molecule has 0 atom stereocenters. The molecule has 2 aromatic rings. The topological polar surface area (TPSA) is 91.4 Å². The molecule has 0 fully saturated rings. The third-order valence-corrected chi connectivity index (χ3v) is 3.14. The predicted molar refractivity (Wildman–Crippen MR) is 78.6 cm³/mol. The van der Waals surface area contributed by atoms with Gasteiger partial charge in [-0.2, -0.15) is 0 Å². The van der Waals surface area contributed by atoms with E-state index in [0.29, 0.717) is 11.3 Å². The molecule has 0 spiro atoms. The number of hydrogen-bond donors (Lipinski definition) is 3. The van der Waals surface area contributed by atoms with E-state index < -0.39 is 5.97 Å². The third-order valence-electron chi connectivity index (χ3n) is 3.14. The molecule has 1 aromatic heterocycles. The van der Waals surface area contributed by atoms with Crippen molar-refractivity contribution in [3.63, 3.8) is 0 Å². The molecule has 1 aromatic carbocycles. The number of nitrogens with one attached hydrogen (secondary N) is 2. The number of methoxy groups -OCH3 is 1. The van der Waals surface area contributed by atoms with Crippen LogP contribution in [0.1, 0.15) is 17.3 Å². The maximum atomic E-state index is 12.1. The van der Waals surface area contributed by atoms with E-state index in [4.69, 9.17) is 9.84 Å². The molecule has 0 aliphatic carbocycles. The number of benzene rings is 1. The largest absolute Gasteiger partial charge is 0.497 e. The minimum atomic E-state index is -0.999. The summed E-state index contributed by atoms with van der Waals surface area (Å²) < 4.78 is 5.15. The molecule has 6 heteroatoms. The molecule has 1 heterocycles. The van der Waals surface area contributed by atoms with Gasteiger partial charge in [-0.1, -0.05) is 6.08 Å². The first-order chi connectivity index (χ1) is 10.0. The van der Waals surface area contributed by atoms with Crippen molar-refractivity contribution in [2.75, 3.05) is 13.7 Å². The Morgan fingerprint density at radius 1 is 1.43 bits per heavy atom. The first-order valence-corrected chi connectivity index (χ1v) is 6.36. The summed E-state index contributed by atoms with van der Waals surface area (Å²) in [7, 11) is 1.56. The number of carboxylic acid groups (broad SMARTS) is 1. The molecule has 0 radical (unpaired) electrons. The Morgan fingerprint density at radius 3 is 2.86 bits per heavy atom. The number of aromatic amines is 1. The maximum Gasteiger partial charge on any atom is 0.331 e. The predicted octanol–water partition coefficient (Wildman–Crippen LogP) is 1.94. The lowest BCUT2D eigenvalue weighted by molar-refractivity contribution is -0.132. The van der Waals surface area contributed by atoms with Gasteiger partial charge in [0.1, 0.15) is 5.75 Å². The molecule has 2 rings (SSSR count). The van der Waals surface area contributed by atoms with E-state index in [2.05, 4.69) is 10.3 Å². The van der Waals surface area contributed by atoms with Crippen LogP contribution in [0.5, 0.6) is 5.75 Å². The highest BCUT2D eigenvalue weighted by atomic mass is 16.5. The minimum absolute atomic E-state index is 0.160. The summed E-state index contributed by atoms with van der Waals surface area (Å²) >= 11 is 0. The molecule has 0 bridgehead atoms. The molecule has 110 valence electrons. The van der Waals surface area contributed by atoms with Crippen LogP contribution < -0.4 is 10.1 Å². The summed E-state index contributed by atoms with van der Waals surface area (Å²) in [5, 5.41) is 12.1. The van der Waals surface area contributed by atoms with Gasteiger partial charge in [0.05, 0.1) is 12.7 Å².